The number of fused-ring (bicyclic) bond motifs is 1. The van der Waals surface area contributed by atoms with Crippen LogP contribution in [0.25, 0.3) is 16.6 Å². The largest absolute Gasteiger partial charge is 0.365 e. The van der Waals surface area contributed by atoms with E-state index < -0.39 is 0 Å². The average Bonchev–Trinajstić information content (AvgIpc) is 3.24. The molecular formula is C23H21ClN6O2. The first kappa shape index (κ1) is 20.3. The molecule has 1 aliphatic rings. The highest BCUT2D eigenvalue weighted by Gasteiger charge is 2.27. The summed E-state index contributed by atoms with van der Waals surface area (Å²) in [5, 5.41) is 12.4. The van der Waals surface area contributed by atoms with E-state index in [1.165, 1.54) is 4.68 Å². The third-order valence-electron chi connectivity index (χ3n) is 5.73. The van der Waals surface area contributed by atoms with E-state index in [9.17, 15) is 9.59 Å². The Morgan fingerprint density at radius 3 is 2.56 bits per heavy atom. The Labute approximate surface area is 189 Å². The molecule has 0 unspecified atom stereocenters. The summed E-state index contributed by atoms with van der Waals surface area (Å²) in [4.78, 5) is 29.6. The highest BCUT2D eigenvalue weighted by Crippen LogP contribution is 2.24. The number of carbonyl (C=O) groups excluding carboxylic acids is 1. The minimum absolute atomic E-state index is 0.106. The van der Waals surface area contributed by atoms with Gasteiger partial charge in [-0.25, -0.2) is 0 Å². The smallest absolute Gasteiger partial charge is 0.292 e. The summed E-state index contributed by atoms with van der Waals surface area (Å²) < 4.78 is 1.29. The zero-order chi connectivity index (χ0) is 22.2. The Bertz CT molecular complexity index is 1360. The molecule has 0 radical (unpaired) electrons. The number of piperazine rings is 1. The second kappa shape index (κ2) is 8.12. The molecule has 0 bridgehead atoms. The molecule has 5 rings (SSSR count). The van der Waals surface area contributed by atoms with E-state index in [1.54, 1.807) is 23.2 Å². The number of hydrogen-bond acceptors (Lipinski definition) is 5. The normalized spacial score (nSPS) is 14.2. The fourth-order valence-corrected chi connectivity index (χ4v) is 4.24. The van der Waals surface area contributed by atoms with Crippen molar-refractivity contribution in [2.75, 3.05) is 31.1 Å². The quantitative estimate of drug-likeness (QED) is 0.520. The van der Waals surface area contributed by atoms with Crippen molar-refractivity contribution in [2.24, 2.45) is 0 Å². The lowest BCUT2D eigenvalue weighted by Crippen LogP contribution is -2.49. The predicted molar refractivity (Wildman–Crippen MR) is 124 cm³/mol. The highest BCUT2D eigenvalue weighted by molar-refractivity contribution is 6.33. The van der Waals surface area contributed by atoms with Crippen molar-refractivity contribution < 1.29 is 4.79 Å². The topological polar surface area (TPSA) is 87.1 Å². The first-order valence-corrected chi connectivity index (χ1v) is 10.7. The molecule has 8 nitrogen and oxygen atoms in total. The number of rotatable bonds is 3. The molecule has 4 aromatic rings. The summed E-state index contributed by atoms with van der Waals surface area (Å²) in [6.45, 7) is 4.07. The molecule has 32 heavy (non-hydrogen) atoms. The maximum absolute atomic E-state index is 13.1. The fourth-order valence-electron chi connectivity index (χ4n) is 3.99. The molecule has 3 heterocycles. The predicted octanol–water partition coefficient (Wildman–Crippen LogP) is 3.03. The number of nitrogens with one attached hydrogen (secondary N) is 1. The lowest BCUT2D eigenvalue weighted by Gasteiger charge is -2.35. The number of anilines is 1. The first-order valence-electron chi connectivity index (χ1n) is 10.3. The van der Waals surface area contributed by atoms with E-state index in [1.807, 2.05) is 48.2 Å². The van der Waals surface area contributed by atoms with E-state index in [0.717, 1.165) is 16.5 Å². The van der Waals surface area contributed by atoms with Crippen LogP contribution < -0.4 is 10.5 Å². The van der Waals surface area contributed by atoms with Gasteiger partial charge in [-0.15, -0.1) is 0 Å². The van der Waals surface area contributed by atoms with Crippen LogP contribution in [-0.2, 0) is 0 Å². The molecule has 1 N–H and O–H groups in total. The molecule has 1 amide bonds. The number of para-hydroxylation sites is 1. The number of aromatic amines is 1. The molecule has 1 saturated heterocycles. The van der Waals surface area contributed by atoms with Gasteiger partial charge in [-0.1, -0.05) is 41.4 Å². The van der Waals surface area contributed by atoms with Crippen molar-refractivity contribution in [3.8, 4) is 5.69 Å². The standard InChI is InChI=1S/C23H21ClN6O2/c1-15-7-8-18-17(13-15)21(27-26-18)23(32)29-11-9-28(10-12-29)19-14-25-30(22(31)20(19)24)16-5-3-2-4-6-16/h2-8,13-14H,9-12H2,1H3,(H,26,27). The third-order valence-corrected chi connectivity index (χ3v) is 6.09. The molecule has 1 fully saturated rings. The second-order valence-corrected chi connectivity index (χ2v) is 8.17. The van der Waals surface area contributed by atoms with Crippen molar-refractivity contribution >= 4 is 34.1 Å². The molecule has 1 aliphatic heterocycles. The lowest BCUT2D eigenvalue weighted by molar-refractivity contribution is 0.0742. The Hall–Kier alpha value is -3.65. The molecule has 2 aromatic carbocycles. The number of aromatic nitrogens is 4. The van der Waals surface area contributed by atoms with Gasteiger partial charge in [0.2, 0.25) is 0 Å². The van der Waals surface area contributed by atoms with Crippen LogP contribution in [0.15, 0.2) is 59.5 Å². The Morgan fingerprint density at radius 1 is 1.06 bits per heavy atom. The van der Waals surface area contributed by atoms with Gasteiger partial charge in [-0.05, 0) is 31.2 Å². The average molecular weight is 449 g/mol. The summed E-state index contributed by atoms with van der Waals surface area (Å²) in [7, 11) is 0. The van der Waals surface area contributed by atoms with E-state index in [2.05, 4.69) is 15.3 Å². The van der Waals surface area contributed by atoms with Gasteiger partial charge in [0, 0.05) is 31.6 Å². The molecule has 0 atom stereocenters. The summed E-state index contributed by atoms with van der Waals surface area (Å²) in [6.07, 6.45) is 1.61. The zero-order valence-electron chi connectivity index (χ0n) is 17.5. The minimum atomic E-state index is -0.368. The SMILES string of the molecule is Cc1ccc2[nH]nc(C(=O)N3CCN(c4cnn(-c5ccccc5)c(=O)c4Cl)CC3)c2c1. The van der Waals surface area contributed by atoms with Crippen LogP contribution in [0.3, 0.4) is 0 Å². The first-order chi connectivity index (χ1) is 15.5. The number of aryl methyl sites for hydroxylation is 1. The molecule has 9 heteroatoms. The Balaban J connectivity index is 1.33. The number of benzene rings is 2. The zero-order valence-corrected chi connectivity index (χ0v) is 18.2. The number of carbonyl (C=O) groups is 1. The summed E-state index contributed by atoms with van der Waals surface area (Å²) in [5.41, 5.74) is 3.22. The molecule has 0 spiro atoms. The van der Waals surface area contributed by atoms with Crippen molar-refractivity contribution in [3.05, 3.63) is 81.4 Å². The maximum atomic E-state index is 13.1. The van der Waals surface area contributed by atoms with Crippen LogP contribution in [0, 0.1) is 6.92 Å². The van der Waals surface area contributed by atoms with Gasteiger partial charge in [0.25, 0.3) is 11.5 Å². The van der Waals surface area contributed by atoms with Crippen LogP contribution in [0.4, 0.5) is 5.69 Å². The highest BCUT2D eigenvalue weighted by atomic mass is 35.5. The number of amides is 1. The number of nitrogens with zero attached hydrogens (tertiary/aromatic N) is 5. The van der Waals surface area contributed by atoms with Crippen LogP contribution in [-0.4, -0.2) is 57.0 Å². The van der Waals surface area contributed by atoms with Crippen LogP contribution in [0.2, 0.25) is 5.02 Å². The van der Waals surface area contributed by atoms with Gasteiger partial charge >= 0.3 is 0 Å². The molecule has 162 valence electrons. The summed E-state index contributed by atoms with van der Waals surface area (Å²) in [6, 6.07) is 15.0. The third kappa shape index (κ3) is 3.52. The molecule has 0 aliphatic carbocycles. The monoisotopic (exact) mass is 448 g/mol. The van der Waals surface area contributed by atoms with Crippen molar-refractivity contribution in [1.29, 1.82) is 0 Å². The number of hydrogen-bond donors (Lipinski definition) is 1. The number of halogens is 1. The van der Waals surface area contributed by atoms with Crippen LogP contribution >= 0.6 is 11.6 Å². The summed E-state index contributed by atoms with van der Waals surface area (Å²) >= 11 is 6.43. The van der Waals surface area contributed by atoms with Gasteiger partial charge in [0.05, 0.1) is 23.1 Å². The van der Waals surface area contributed by atoms with Crippen LogP contribution in [0.1, 0.15) is 16.1 Å². The van der Waals surface area contributed by atoms with E-state index in [0.29, 0.717) is 43.2 Å². The van der Waals surface area contributed by atoms with Gasteiger partial charge in [0.1, 0.15) is 5.02 Å². The van der Waals surface area contributed by atoms with Crippen LogP contribution in [0.5, 0.6) is 0 Å². The fraction of sp³-hybridized carbons (Fsp3) is 0.217. The molecule has 0 saturated carbocycles. The van der Waals surface area contributed by atoms with Gasteiger partial charge in [-0.3, -0.25) is 14.7 Å². The second-order valence-electron chi connectivity index (χ2n) is 7.80. The van der Waals surface area contributed by atoms with Gasteiger partial charge in [-0.2, -0.15) is 14.9 Å². The van der Waals surface area contributed by atoms with Gasteiger partial charge in [0.15, 0.2) is 5.69 Å². The molecular weight excluding hydrogens is 428 g/mol. The lowest BCUT2D eigenvalue weighted by atomic mass is 10.1. The van der Waals surface area contributed by atoms with Crippen molar-refractivity contribution in [3.63, 3.8) is 0 Å². The van der Waals surface area contributed by atoms with E-state index >= 15 is 0 Å². The van der Waals surface area contributed by atoms with Gasteiger partial charge < -0.3 is 9.80 Å². The Kier molecular flexibility index (Phi) is 5.14. The number of H-pyrrole nitrogens is 1. The van der Waals surface area contributed by atoms with E-state index in [4.69, 9.17) is 11.6 Å². The van der Waals surface area contributed by atoms with Crippen molar-refractivity contribution in [1.82, 2.24) is 24.9 Å². The van der Waals surface area contributed by atoms with Crippen molar-refractivity contribution in [2.45, 2.75) is 6.92 Å². The Morgan fingerprint density at radius 2 is 1.81 bits per heavy atom. The van der Waals surface area contributed by atoms with E-state index in [-0.39, 0.29) is 16.5 Å². The molecule has 2 aromatic heterocycles. The summed E-state index contributed by atoms with van der Waals surface area (Å²) in [5.74, 6) is -0.106. The minimum Gasteiger partial charge on any atom is -0.365 e. The maximum Gasteiger partial charge on any atom is 0.292 e.